The molecule has 0 aliphatic heterocycles. The van der Waals surface area contributed by atoms with Crippen LogP contribution in [0.3, 0.4) is 0 Å². The van der Waals surface area contributed by atoms with Crippen LogP contribution in [0, 0.1) is 5.82 Å². The fourth-order valence-corrected chi connectivity index (χ4v) is 2.64. The van der Waals surface area contributed by atoms with Gasteiger partial charge in [0.1, 0.15) is 23.1 Å². The van der Waals surface area contributed by atoms with Gasteiger partial charge in [0.25, 0.3) is 0 Å². The van der Waals surface area contributed by atoms with Crippen LogP contribution in [0.4, 0.5) is 4.39 Å². The van der Waals surface area contributed by atoms with Crippen LogP contribution in [-0.2, 0) is 0 Å². The highest BCUT2D eigenvalue weighted by Gasteiger charge is 2.16. The maximum absolute atomic E-state index is 13.0. The van der Waals surface area contributed by atoms with Crippen molar-refractivity contribution < 1.29 is 28.2 Å². The molecule has 0 aromatic heterocycles. The van der Waals surface area contributed by atoms with Gasteiger partial charge in [0.15, 0.2) is 5.78 Å². The molecule has 0 amide bonds. The molecule has 0 heterocycles. The number of carbonyl (C=O) groups excluding carboxylic acids is 2. The van der Waals surface area contributed by atoms with Gasteiger partial charge >= 0.3 is 5.97 Å². The van der Waals surface area contributed by atoms with Crippen LogP contribution in [0.25, 0.3) is 6.08 Å². The summed E-state index contributed by atoms with van der Waals surface area (Å²) in [5.74, 6) is -0.242. The fourth-order valence-electron chi connectivity index (χ4n) is 2.64. The number of allylic oxidation sites excluding steroid dienone is 1. The molecule has 0 atom stereocenters. The van der Waals surface area contributed by atoms with E-state index in [0.29, 0.717) is 22.6 Å². The summed E-state index contributed by atoms with van der Waals surface area (Å²) in [6.45, 7) is 0. The minimum atomic E-state index is -0.623. The second kappa shape index (κ2) is 9.52. The van der Waals surface area contributed by atoms with Crippen molar-refractivity contribution in [2.75, 3.05) is 14.2 Å². The number of halogens is 1. The second-order valence-electron chi connectivity index (χ2n) is 6.23. The fraction of sp³-hybridized carbons (Fsp3) is 0.0833. The summed E-state index contributed by atoms with van der Waals surface area (Å²) in [6.07, 6.45) is 2.89. The number of esters is 1. The van der Waals surface area contributed by atoms with E-state index in [2.05, 4.69) is 0 Å². The third kappa shape index (κ3) is 5.11. The molecule has 0 aliphatic carbocycles. The Kier molecular flexibility index (Phi) is 6.60. The van der Waals surface area contributed by atoms with E-state index in [0.717, 1.165) is 0 Å². The third-order valence-electron chi connectivity index (χ3n) is 4.28. The number of rotatable bonds is 7. The zero-order valence-electron chi connectivity index (χ0n) is 16.4. The van der Waals surface area contributed by atoms with Crippen LogP contribution in [0.1, 0.15) is 26.3 Å². The normalized spacial score (nSPS) is 10.6. The molecule has 0 N–H and O–H groups in total. The molecule has 3 rings (SSSR count). The lowest BCUT2D eigenvalue weighted by molar-refractivity contribution is 0.0732. The van der Waals surface area contributed by atoms with Crippen molar-refractivity contribution in [3.05, 3.63) is 95.3 Å². The Morgan fingerprint density at radius 2 is 1.47 bits per heavy atom. The first kappa shape index (κ1) is 20.8. The average Bonchev–Trinajstić information content (AvgIpc) is 2.78. The van der Waals surface area contributed by atoms with Crippen LogP contribution in [-0.4, -0.2) is 26.0 Å². The largest absolute Gasteiger partial charge is 0.497 e. The van der Waals surface area contributed by atoms with Gasteiger partial charge in [-0.15, -0.1) is 0 Å². The van der Waals surface area contributed by atoms with Crippen LogP contribution < -0.4 is 14.2 Å². The van der Waals surface area contributed by atoms with Gasteiger partial charge in [0.05, 0.1) is 25.3 Å². The first-order valence-corrected chi connectivity index (χ1v) is 9.02. The summed E-state index contributed by atoms with van der Waals surface area (Å²) < 4.78 is 28.7. The van der Waals surface area contributed by atoms with Crippen molar-refractivity contribution in [2.45, 2.75) is 0 Å². The first-order chi connectivity index (χ1) is 14.5. The Morgan fingerprint density at radius 3 is 2.10 bits per heavy atom. The summed E-state index contributed by atoms with van der Waals surface area (Å²) in [7, 11) is 3.00. The van der Waals surface area contributed by atoms with Gasteiger partial charge in [-0.1, -0.05) is 18.2 Å². The van der Waals surface area contributed by atoms with Gasteiger partial charge in [-0.2, -0.15) is 0 Å². The Morgan fingerprint density at radius 1 is 0.833 bits per heavy atom. The number of carbonyl (C=O) groups is 2. The molecule has 0 spiro atoms. The lowest BCUT2D eigenvalue weighted by atomic mass is 10.1. The Hall–Kier alpha value is -3.93. The predicted octanol–water partition coefficient (Wildman–Crippen LogP) is 4.96. The first-order valence-electron chi connectivity index (χ1n) is 9.02. The molecule has 0 saturated carbocycles. The van der Waals surface area contributed by atoms with Crippen LogP contribution in [0.2, 0.25) is 0 Å². The smallest absolute Gasteiger partial charge is 0.343 e. The van der Waals surface area contributed by atoms with Gasteiger partial charge in [-0.25, -0.2) is 9.18 Å². The monoisotopic (exact) mass is 406 g/mol. The summed E-state index contributed by atoms with van der Waals surface area (Å²) in [6, 6.07) is 16.7. The third-order valence-corrected chi connectivity index (χ3v) is 4.28. The molecule has 3 aromatic carbocycles. The maximum atomic E-state index is 13.0. The summed E-state index contributed by atoms with van der Waals surface area (Å²) in [5.41, 5.74) is 1.16. The van der Waals surface area contributed by atoms with Crippen LogP contribution in [0.5, 0.6) is 17.2 Å². The Labute approximate surface area is 173 Å². The minimum absolute atomic E-state index is 0.0731. The summed E-state index contributed by atoms with van der Waals surface area (Å²) in [5, 5.41) is 0. The summed E-state index contributed by atoms with van der Waals surface area (Å²) >= 11 is 0. The molecule has 5 nitrogen and oxygen atoms in total. The molecule has 0 radical (unpaired) electrons. The van der Waals surface area contributed by atoms with E-state index in [9.17, 15) is 14.0 Å². The molecule has 0 aliphatic rings. The van der Waals surface area contributed by atoms with E-state index < -0.39 is 5.97 Å². The average molecular weight is 406 g/mol. The molecule has 0 bridgehead atoms. The van der Waals surface area contributed by atoms with Gasteiger partial charge in [-0.05, 0) is 60.2 Å². The van der Waals surface area contributed by atoms with Crippen molar-refractivity contribution in [1.82, 2.24) is 0 Å². The number of hydrogen-bond acceptors (Lipinski definition) is 5. The van der Waals surface area contributed by atoms with E-state index in [-0.39, 0.29) is 22.9 Å². The van der Waals surface area contributed by atoms with Gasteiger partial charge < -0.3 is 14.2 Å². The second-order valence-corrected chi connectivity index (χ2v) is 6.23. The van der Waals surface area contributed by atoms with Gasteiger partial charge in [-0.3, -0.25) is 4.79 Å². The molecular weight excluding hydrogens is 387 g/mol. The molecule has 6 heteroatoms. The molecule has 3 aromatic rings. The molecule has 0 unspecified atom stereocenters. The van der Waals surface area contributed by atoms with Gasteiger partial charge in [0.2, 0.25) is 0 Å². The van der Waals surface area contributed by atoms with Crippen molar-refractivity contribution in [3.8, 4) is 17.2 Å². The maximum Gasteiger partial charge on any atom is 0.343 e. The predicted molar refractivity (Wildman–Crippen MR) is 111 cm³/mol. The summed E-state index contributed by atoms with van der Waals surface area (Å²) in [4.78, 5) is 25.2. The number of methoxy groups -OCH3 is 2. The van der Waals surface area contributed by atoms with E-state index in [4.69, 9.17) is 14.2 Å². The SMILES string of the molecule is COc1ccc(C(=O)Oc2cc(OC)ccc2C(=O)C=Cc2ccc(F)cc2)cc1. The minimum Gasteiger partial charge on any atom is -0.497 e. The molecule has 30 heavy (non-hydrogen) atoms. The van der Waals surface area contributed by atoms with Crippen molar-refractivity contribution in [3.63, 3.8) is 0 Å². The zero-order chi connectivity index (χ0) is 21.5. The van der Waals surface area contributed by atoms with Crippen LogP contribution in [0.15, 0.2) is 72.8 Å². The Bertz CT molecular complexity index is 1070. The quantitative estimate of drug-likeness (QED) is 0.240. The lowest BCUT2D eigenvalue weighted by Gasteiger charge is -2.10. The highest BCUT2D eigenvalue weighted by atomic mass is 19.1. The van der Waals surface area contributed by atoms with E-state index in [1.807, 2.05) is 0 Å². The molecule has 0 saturated heterocycles. The molecular formula is C24H19FO5. The number of benzene rings is 3. The lowest BCUT2D eigenvalue weighted by Crippen LogP contribution is -2.11. The standard InChI is InChI=1S/C24H19FO5/c1-28-19-10-6-17(7-11-19)24(27)30-23-15-20(29-2)12-13-21(23)22(26)14-5-16-3-8-18(25)9-4-16/h3-15H,1-2H3. The van der Waals surface area contributed by atoms with E-state index in [1.54, 1.807) is 48.5 Å². The van der Waals surface area contributed by atoms with Gasteiger partial charge in [0, 0.05) is 6.07 Å². The van der Waals surface area contributed by atoms with E-state index >= 15 is 0 Å². The molecule has 152 valence electrons. The Balaban J connectivity index is 1.84. The highest BCUT2D eigenvalue weighted by Crippen LogP contribution is 2.27. The number of ether oxygens (including phenoxy) is 3. The zero-order valence-corrected chi connectivity index (χ0v) is 16.4. The topological polar surface area (TPSA) is 61.8 Å². The van der Waals surface area contributed by atoms with Crippen LogP contribution >= 0.6 is 0 Å². The highest BCUT2D eigenvalue weighted by molar-refractivity contribution is 6.09. The molecule has 0 fully saturated rings. The van der Waals surface area contributed by atoms with Crippen molar-refractivity contribution in [2.24, 2.45) is 0 Å². The number of hydrogen-bond donors (Lipinski definition) is 0. The van der Waals surface area contributed by atoms with E-state index in [1.165, 1.54) is 44.6 Å². The number of ketones is 1. The van der Waals surface area contributed by atoms with Crippen molar-refractivity contribution in [1.29, 1.82) is 0 Å². The van der Waals surface area contributed by atoms with Crippen molar-refractivity contribution >= 4 is 17.8 Å².